The van der Waals surface area contributed by atoms with Crippen LogP contribution in [0.25, 0.3) is 0 Å². The van der Waals surface area contributed by atoms with Crippen molar-refractivity contribution in [3.05, 3.63) is 214 Å². The molecule has 105 heavy (non-hydrogen) atoms. The molecule has 22 heteroatoms. The third-order valence-corrected chi connectivity index (χ3v) is 18.6. The van der Waals surface area contributed by atoms with E-state index < -0.39 is 68.4 Å². The quantitative estimate of drug-likeness (QED) is 0.0159. The van der Waals surface area contributed by atoms with E-state index in [0.717, 1.165) is 73.1 Å². The minimum Gasteiger partial charge on any atom is -0.468 e. The normalized spacial score (nSPS) is 16.1. The summed E-state index contributed by atoms with van der Waals surface area (Å²) < 4.78 is 80.1. The van der Waals surface area contributed by atoms with Crippen LogP contribution in [0.4, 0.5) is 17.6 Å². The van der Waals surface area contributed by atoms with Gasteiger partial charge in [-0.25, -0.2) is 17.6 Å². The first-order valence-electron chi connectivity index (χ1n) is 35.8. The highest BCUT2D eigenvalue weighted by molar-refractivity contribution is 5.83. The molecule has 6 aromatic rings. The smallest absolute Gasteiger partial charge is 0.326 e. The molecule has 12 N–H and O–H groups in total. The summed E-state index contributed by atoms with van der Waals surface area (Å²) in [4.78, 5) is 69.9. The van der Waals surface area contributed by atoms with E-state index in [2.05, 4.69) is 28.1 Å². The molecule has 2 saturated carbocycles. The number of hydrogen-bond acceptors (Lipinski definition) is 18. The summed E-state index contributed by atoms with van der Waals surface area (Å²) in [6, 6.07) is 46.0. The number of hydrogen-bond donors (Lipinski definition) is 6. The van der Waals surface area contributed by atoms with Gasteiger partial charge in [-0.2, -0.15) is 0 Å². The molecule has 2 aliphatic rings. The Labute approximate surface area is 619 Å². The Bertz CT molecular complexity index is 3540. The molecule has 6 aromatic carbocycles. The van der Waals surface area contributed by atoms with Crippen LogP contribution in [0.1, 0.15) is 164 Å². The Balaban J connectivity index is 0.000000329. The summed E-state index contributed by atoms with van der Waals surface area (Å²) in [7, 11) is 8.01. The minimum atomic E-state index is -1.33. The number of carbonyl (C=O) groups is 6. The van der Waals surface area contributed by atoms with E-state index in [-0.39, 0.29) is 42.3 Å². The first-order valence-corrected chi connectivity index (χ1v) is 35.8. The second kappa shape index (κ2) is 45.2. The van der Waals surface area contributed by atoms with Crippen LogP contribution < -0.4 is 34.4 Å². The van der Waals surface area contributed by atoms with Crippen LogP contribution >= 0.6 is 0 Å². The number of carbonyl (C=O) groups excluding carboxylic acids is 6. The van der Waals surface area contributed by atoms with Gasteiger partial charge in [0.15, 0.2) is 0 Å². The monoisotopic (exact) mass is 1460 g/mol. The van der Waals surface area contributed by atoms with Gasteiger partial charge in [0.1, 0.15) is 56.5 Å². The number of nitrogens with two attached hydrogens (primary N) is 6. The standard InChI is InChI=1S/C18H27NO2.C18H21NO2.C15H23NO2.2C11H13F2NO2.C10H19NO2/c2*1-21-17(20)18(19,14-16-10-6-3-7-11-16)13-12-15-8-4-2-5-9-15;1-12(2)11-15(16,14(17)18-3)10-9-13-7-5-4-6-8-13;1-11(14,10(15)16-2)6-7-3-8(12)5-9(13)4-7;1-11(14,10(15)16-2)6-7-3-4-8(12)5-9(7)13;1-10(11,9(12)13-2)7-8-5-3-4-6-8/h3,6-7,10-11,15H,2,4-5,8-9,12-14,19H2,1H3;2-11H,12-14,19H2,1H3;4-8,12H,9-11,16H2,1-3H3;2*3-5H,6,14H2,1-2H3;8H,3-7,11H2,1-2H3. The lowest BCUT2D eigenvalue weighted by Crippen LogP contribution is -2.51. The average Bonchev–Trinajstić information content (AvgIpc) is 0.999. The van der Waals surface area contributed by atoms with E-state index >= 15 is 0 Å². The maximum Gasteiger partial charge on any atom is 0.326 e. The predicted octanol–water partition coefficient (Wildman–Crippen LogP) is 13.0. The van der Waals surface area contributed by atoms with Gasteiger partial charge in [-0.05, 0) is 141 Å². The third-order valence-electron chi connectivity index (χ3n) is 18.6. The van der Waals surface area contributed by atoms with E-state index in [4.69, 9.17) is 48.6 Å². The molecule has 0 amide bonds. The van der Waals surface area contributed by atoms with E-state index in [1.165, 1.54) is 131 Å². The fraction of sp³-hybridized carbons (Fsp3) is 0.494. The zero-order valence-electron chi connectivity index (χ0n) is 63.5. The molecule has 0 aliphatic heterocycles. The molecule has 0 saturated heterocycles. The molecule has 578 valence electrons. The van der Waals surface area contributed by atoms with Crippen molar-refractivity contribution in [2.24, 2.45) is 52.2 Å². The van der Waals surface area contributed by atoms with Crippen LogP contribution in [-0.4, -0.2) is 112 Å². The highest BCUT2D eigenvalue weighted by atomic mass is 19.1. The number of methoxy groups -OCH3 is 6. The molecule has 18 nitrogen and oxygen atoms in total. The number of rotatable bonds is 27. The molecule has 2 aliphatic carbocycles. The molecular weight excluding hydrogens is 1350 g/mol. The van der Waals surface area contributed by atoms with Crippen molar-refractivity contribution >= 4 is 35.8 Å². The number of halogens is 4. The van der Waals surface area contributed by atoms with Gasteiger partial charge < -0.3 is 62.8 Å². The lowest BCUT2D eigenvalue weighted by molar-refractivity contribution is -0.148. The van der Waals surface area contributed by atoms with E-state index in [1.807, 2.05) is 121 Å². The second-order valence-electron chi connectivity index (χ2n) is 28.8. The van der Waals surface area contributed by atoms with Gasteiger partial charge in [-0.3, -0.25) is 28.8 Å². The maximum absolute atomic E-state index is 13.3. The molecule has 0 spiro atoms. The Hall–Kier alpha value is -8.38. The predicted molar refractivity (Wildman–Crippen MR) is 402 cm³/mol. The SMILES string of the molecule is COC(=O)C(C)(N)CC1CCCC1.COC(=O)C(C)(N)Cc1cc(F)cc(F)c1.COC(=O)C(C)(N)Cc1ccc(F)cc1F.COC(=O)C(N)(CCC1CCCCC1)Cc1ccccc1.COC(=O)C(N)(CCc1ccccc1)CC(C)C.COC(=O)C(N)(CCc1ccccc1)Cc1ccccc1. The van der Waals surface area contributed by atoms with Crippen molar-refractivity contribution in [3.63, 3.8) is 0 Å². The van der Waals surface area contributed by atoms with Crippen molar-refractivity contribution in [3.8, 4) is 0 Å². The van der Waals surface area contributed by atoms with Crippen molar-refractivity contribution in [2.45, 2.75) is 203 Å². The molecule has 0 radical (unpaired) electrons. The summed E-state index contributed by atoms with van der Waals surface area (Å²) in [5.74, 6) is -3.60. The molecule has 0 aromatic heterocycles. The van der Waals surface area contributed by atoms with Crippen LogP contribution in [0.3, 0.4) is 0 Å². The Morgan fingerprint density at radius 1 is 0.381 bits per heavy atom. The molecule has 2 fully saturated rings. The summed E-state index contributed by atoms with van der Waals surface area (Å²) in [5, 5.41) is 0. The van der Waals surface area contributed by atoms with Gasteiger partial charge in [-0.1, -0.05) is 199 Å². The van der Waals surface area contributed by atoms with Crippen molar-refractivity contribution < 1.29 is 74.8 Å². The van der Waals surface area contributed by atoms with E-state index in [0.29, 0.717) is 55.9 Å². The van der Waals surface area contributed by atoms with Gasteiger partial charge in [0.25, 0.3) is 0 Å². The number of ether oxygens (including phenoxy) is 6. The van der Waals surface area contributed by atoms with Gasteiger partial charge in [0.05, 0.1) is 42.7 Å². The summed E-state index contributed by atoms with van der Waals surface area (Å²) in [6.07, 6.45) is 18.4. The molecule has 6 unspecified atom stereocenters. The highest BCUT2D eigenvalue weighted by Gasteiger charge is 2.39. The fourth-order valence-corrected chi connectivity index (χ4v) is 13.0. The molecule has 0 bridgehead atoms. The largest absolute Gasteiger partial charge is 0.468 e. The molecule has 0 heterocycles. The zero-order valence-corrected chi connectivity index (χ0v) is 63.5. The number of aryl methyl sites for hydroxylation is 2. The van der Waals surface area contributed by atoms with E-state index in [1.54, 1.807) is 6.92 Å². The number of benzene rings is 6. The minimum absolute atomic E-state index is 0.00829. The van der Waals surface area contributed by atoms with Gasteiger partial charge in [0, 0.05) is 37.8 Å². The van der Waals surface area contributed by atoms with Crippen molar-refractivity contribution in [1.82, 2.24) is 0 Å². The van der Waals surface area contributed by atoms with Crippen LogP contribution in [0.2, 0.25) is 0 Å². The lowest BCUT2D eigenvalue weighted by atomic mass is 9.80. The Morgan fingerprint density at radius 3 is 1.13 bits per heavy atom. The third kappa shape index (κ3) is 32.9. The van der Waals surface area contributed by atoms with Gasteiger partial charge in [-0.15, -0.1) is 0 Å². The first kappa shape index (κ1) is 90.8. The van der Waals surface area contributed by atoms with Crippen LogP contribution in [0.5, 0.6) is 0 Å². The molecular formula is C83H116F4N6O12. The zero-order chi connectivity index (χ0) is 78.4. The Kier molecular flexibility index (Phi) is 39.1. The first-order chi connectivity index (χ1) is 49.5. The average molecular weight is 1470 g/mol. The summed E-state index contributed by atoms with van der Waals surface area (Å²) >= 11 is 0. The highest BCUT2D eigenvalue weighted by Crippen LogP contribution is 2.33. The van der Waals surface area contributed by atoms with E-state index in [9.17, 15) is 46.3 Å². The summed E-state index contributed by atoms with van der Waals surface area (Å²) in [5.41, 5.74) is 35.1. The Morgan fingerprint density at radius 2 is 0.733 bits per heavy atom. The topological polar surface area (TPSA) is 314 Å². The van der Waals surface area contributed by atoms with Gasteiger partial charge in [0.2, 0.25) is 0 Å². The fourth-order valence-electron chi connectivity index (χ4n) is 13.0. The van der Waals surface area contributed by atoms with Crippen LogP contribution in [0, 0.1) is 41.0 Å². The second-order valence-corrected chi connectivity index (χ2v) is 28.8. The summed E-state index contributed by atoms with van der Waals surface area (Å²) in [6.45, 7) is 8.76. The van der Waals surface area contributed by atoms with Crippen molar-refractivity contribution in [2.75, 3.05) is 42.7 Å². The van der Waals surface area contributed by atoms with Crippen LogP contribution in [-0.2, 0) is 95.7 Å². The van der Waals surface area contributed by atoms with Gasteiger partial charge >= 0.3 is 35.8 Å². The number of esters is 6. The molecule has 8 rings (SSSR count). The van der Waals surface area contributed by atoms with Crippen molar-refractivity contribution in [1.29, 1.82) is 0 Å². The maximum atomic E-state index is 13.3. The lowest BCUT2D eigenvalue weighted by Gasteiger charge is -2.30. The molecule has 6 atom stereocenters. The van der Waals surface area contributed by atoms with Crippen LogP contribution in [0.15, 0.2) is 158 Å².